The van der Waals surface area contributed by atoms with Crippen LogP contribution in [-0.4, -0.2) is 64.9 Å². The summed E-state index contributed by atoms with van der Waals surface area (Å²) in [5.41, 5.74) is 7.65. The number of amides is 3. The quantitative estimate of drug-likeness (QED) is 0.401. The molecular formula is C25H30N4O5. The van der Waals surface area contributed by atoms with Crippen molar-refractivity contribution in [2.45, 2.75) is 43.8 Å². The maximum absolute atomic E-state index is 12.8. The summed E-state index contributed by atoms with van der Waals surface area (Å²) in [5.74, 6) is -2.52. The van der Waals surface area contributed by atoms with E-state index in [9.17, 15) is 24.3 Å². The molecule has 3 atom stereocenters. The van der Waals surface area contributed by atoms with E-state index in [0.717, 1.165) is 11.1 Å². The summed E-state index contributed by atoms with van der Waals surface area (Å²) < 4.78 is 0. The van der Waals surface area contributed by atoms with Gasteiger partial charge in [0.25, 0.3) is 0 Å². The zero-order valence-corrected chi connectivity index (χ0v) is 18.9. The Balaban J connectivity index is 1.52. The van der Waals surface area contributed by atoms with Gasteiger partial charge in [-0.05, 0) is 30.4 Å². The van der Waals surface area contributed by atoms with Crippen LogP contribution in [0.5, 0.6) is 0 Å². The largest absolute Gasteiger partial charge is 0.480 e. The molecule has 0 bridgehead atoms. The van der Waals surface area contributed by atoms with Crippen LogP contribution in [0.3, 0.4) is 0 Å². The lowest BCUT2D eigenvalue weighted by Crippen LogP contribution is -2.53. The highest BCUT2D eigenvalue weighted by Crippen LogP contribution is 2.18. The van der Waals surface area contributed by atoms with Crippen LogP contribution in [0.2, 0.25) is 0 Å². The monoisotopic (exact) mass is 466 g/mol. The van der Waals surface area contributed by atoms with Crippen LogP contribution in [0.25, 0.3) is 0 Å². The topological polar surface area (TPSA) is 142 Å². The Morgan fingerprint density at radius 3 is 2.15 bits per heavy atom. The number of hydrogen-bond acceptors (Lipinski definition) is 5. The third kappa shape index (κ3) is 6.89. The Kier molecular flexibility index (Phi) is 8.75. The normalized spacial score (nSPS) is 17.0. The summed E-state index contributed by atoms with van der Waals surface area (Å²) in [5, 5.41) is 14.7. The molecule has 3 rings (SSSR count). The van der Waals surface area contributed by atoms with Crippen LogP contribution < -0.4 is 16.4 Å². The summed E-state index contributed by atoms with van der Waals surface area (Å²) >= 11 is 0. The van der Waals surface area contributed by atoms with E-state index < -0.39 is 41.8 Å². The molecule has 1 fully saturated rings. The van der Waals surface area contributed by atoms with Gasteiger partial charge in [0, 0.05) is 13.0 Å². The maximum Gasteiger partial charge on any atom is 0.326 e. The van der Waals surface area contributed by atoms with Crippen molar-refractivity contribution in [3.63, 3.8) is 0 Å². The second kappa shape index (κ2) is 11.9. The number of carbonyl (C=O) groups excluding carboxylic acids is 3. The van der Waals surface area contributed by atoms with Gasteiger partial charge in [0.2, 0.25) is 17.7 Å². The number of nitrogens with zero attached hydrogens (tertiary/aromatic N) is 1. The molecule has 1 aliphatic heterocycles. The molecule has 0 saturated carbocycles. The molecule has 0 radical (unpaired) electrons. The number of carbonyl (C=O) groups is 4. The summed E-state index contributed by atoms with van der Waals surface area (Å²) in [6.45, 7) is 0.0801. The number of benzene rings is 2. The number of aliphatic carboxylic acids is 1. The number of rotatable bonds is 10. The molecule has 3 unspecified atom stereocenters. The minimum absolute atomic E-state index is 0.137. The summed E-state index contributed by atoms with van der Waals surface area (Å²) in [7, 11) is 0. The van der Waals surface area contributed by atoms with Gasteiger partial charge in [-0.3, -0.25) is 14.4 Å². The van der Waals surface area contributed by atoms with Gasteiger partial charge in [0.05, 0.1) is 12.6 Å². The van der Waals surface area contributed by atoms with Gasteiger partial charge >= 0.3 is 5.97 Å². The number of carboxylic acids is 1. The molecule has 0 aliphatic carbocycles. The molecular weight excluding hydrogens is 436 g/mol. The predicted octanol–water partition coefficient (Wildman–Crippen LogP) is 0.476. The Bertz CT molecular complexity index is 999. The minimum Gasteiger partial charge on any atom is -0.480 e. The van der Waals surface area contributed by atoms with E-state index in [1.807, 2.05) is 36.4 Å². The smallest absolute Gasteiger partial charge is 0.326 e. The Morgan fingerprint density at radius 2 is 1.56 bits per heavy atom. The van der Waals surface area contributed by atoms with Gasteiger partial charge in [0.1, 0.15) is 12.1 Å². The fourth-order valence-electron chi connectivity index (χ4n) is 4.01. The van der Waals surface area contributed by atoms with Crippen molar-refractivity contribution in [1.29, 1.82) is 0 Å². The maximum atomic E-state index is 12.8. The fraction of sp³-hybridized carbons (Fsp3) is 0.360. The number of nitrogens with one attached hydrogen (secondary N) is 2. The molecule has 0 aromatic heterocycles. The highest BCUT2D eigenvalue weighted by molar-refractivity contribution is 5.93. The van der Waals surface area contributed by atoms with E-state index in [2.05, 4.69) is 10.6 Å². The van der Waals surface area contributed by atoms with Gasteiger partial charge in [-0.2, -0.15) is 0 Å². The number of carboxylic acid groups (broad SMARTS) is 1. The number of hydrogen-bond donors (Lipinski definition) is 4. The molecule has 0 spiro atoms. The second-order valence-electron chi connectivity index (χ2n) is 8.35. The lowest BCUT2D eigenvalue weighted by Gasteiger charge is -2.26. The van der Waals surface area contributed by atoms with Gasteiger partial charge in [0.15, 0.2) is 0 Å². The predicted molar refractivity (Wildman–Crippen MR) is 126 cm³/mol. The SMILES string of the molecule is NC(Cc1ccccc1)C(=O)NCC(=O)N1CCCC1C(=O)NC(Cc1ccccc1)C(=O)O. The molecule has 34 heavy (non-hydrogen) atoms. The van der Waals surface area contributed by atoms with Crippen molar-refractivity contribution in [3.05, 3.63) is 71.8 Å². The van der Waals surface area contributed by atoms with Gasteiger partial charge in [-0.15, -0.1) is 0 Å². The first-order valence-electron chi connectivity index (χ1n) is 11.3. The van der Waals surface area contributed by atoms with Crippen molar-refractivity contribution in [2.75, 3.05) is 13.1 Å². The fourth-order valence-corrected chi connectivity index (χ4v) is 4.01. The van der Waals surface area contributed by atoms with E-state index in [1.54, 1.807) is 24.3 Å². The van der Waals surface area contributed by atoms with Crippen LogP contribution in [0, 0.1) is 0 Å². The molecule has 3 amide bonds. The highest BCUT2D eigenvalue weighted by atomic mass is 16.4. The molecule has 1 aliphatic rings. The third-order valence-electron chi connectivity index (χ3n) is 5.82. The van der Waals surface area contributed by atoms with Crippen molar-refractivity contribution < 1.29 is 24.3 Å². The molecule has 2 aromatic rings. The first kappa shape index (κ1) is 24.9. The highest BCUT2D eigenvalue weighted by Gasteiger charge is 2.36. The zero-order valence-electron chi connectivity index (χ0n) is 18.9. The average Bonchev–Trinajstić information content (AvgIpc) is 3.33. The van der Waals surface area contributed by atoms with E-state index in [4.69, 9.17) is 5.73 Å². The van der Waals surface area contributed by atoms with Gasteiger partial charge < -0.3 is 26.4 Å². The third-order valence-corrected chi connectivity index (χ3v) is 5.82. The molecule has 1 heterocycles. The number of likely N-dealkylation sites (tertiary alicyclic amines) is 1. The Labute approximate surface area is 198 Å². The lowest BCUT2D eigenvalue weighted by molar-refractivity contribution is -0.144. The first-order chi connectivity index (χ1) is 16.3. The molecule has 180 valence electrons. The van der Waals surface area contributed by atoms with E-state index >= 15 is 0 Å². The van der Waals surface area contributed by atoms with Crippen LogP contribution in [0.1, 0.15) is 24.0 Å². The van der Waals surface area contributed by atoms with Crippen molar-refractivity contribution in [3.8, 4) is 0 Å². The molecule has 5 N–H and O–H groups in total. The summed E-state index contributed by atoms with van der Waals surface area (Å²) in [6.07, 6.45) is 1.52. The Hall–Kier alpha value is -3.72. The summed E-state index contributed by atoms with van der Waals surface area (Å²) in [4.78, 5) is 51.0. The first-order valence-corrected chi connectivity index (χ1v) is 11.3. The van der Waals surface area contributed by atoms with Gasteiger partial charge in [-0.1, -0.05) is 60.7 Å². The van der Waals surface area contributed by atoms with Crippen LogP contribution >= 0.6 is 0 Å². The van der Waals surface area contributed by atoms with E-state index in [-0.39, 0.29) is 13.0 Å². The van der Waals surface area contributed by atoms with Crippen LogP contribution in [0.4, 0.5) is 0 Å². The zero-order chi connectivity index (χ0) is 24.5. The average molecular weight is 467 g/mol. The molecule has 9 heteroatoms. The van der Waals surface area contributed by atoms with E-state index in [1.165, 1.54) is 4.90 Å². The van der Waals surface area contributed by atoms with Crippen molar-refractivity contribution in [2.24, 2.45) is 5.73 Å². The van der Waals surface area contributed by atoms with Crippen molar-refractivity contribution >= 4 is 23.7 Å². The summed E-state index contributed by atoms with van der Waals surface area (Å²) in [6, 6.07) is 15.6. The standard InChI is InChI=1S/C25H30N4O5/c26-19(14-17-8-3-1-4-9-17)23(31)27-16-22(30)29-13-7-12-21(29)24(32)28-20(25(33)34)15-18-10-5-2-6-11-18/h1-6,8-11,19-21H,7,12-16,26H2,(H,27,31)(H,28,32)(H,33,34). The van der Waals surface area contributed by atoms with Gasteiger partial charge in [-0.25, -0.2) is 4.79 Å². The molecule has 1 saturated heterocycles. The van der Waals surface area contributed by atoms with E-state index in [0.29, 0.717) is 25.8 Å². The second-order valence-corrected chi connectivity index (χ2v) is 8.35. The molecule has 9 nitrogen and oxygen atoms in total. The minimum atomic E-state index is -1.15. The Morgan fingerprint density at radius 1 is 0.971 bits per heavy atom. The van der Waals surface area contributed by atoms with Crippen molar-refractivity contribution in [1.82, 2.24) is 15.5 Å². The van der Waals surface area contributed by atoms with Crippen LogP contribution in [0.15, 0.2) is 60.7 Å². The van der Waals surface area contributed by atoms with Crippen LogP contribution in [-0.2, 0) is 32.0 Å². The lowest BCUT2D eigenvalue weighted by atomic mass is 10.1. The number of nitrogens with two attached hydrogens (primary N) is 1. The molecule has 2 aromatic carbocycles.